The Kier molecular flexibility index (Phi) is 6.36. The fourth-order valence-electron chi connectivity index (χ4n) is 1.99. The highest BCUT2D eigenvalue weighted by atomic mass is 16.5. The molecular formula is C17H29NO. The van der Waals surface area contributed by atoms with Crippen molar-refractivity contribution in [3.8, 4) is 5.75 Å². The van der Waals surface area contributed by atoms with E-state index in [4.69, 9.17) is 4.74 Å². The first-order valence-electron chi connectivity index (χ1n) is 7.44. The van der Waals surface area contributed by atoms with E-state index in [-0.39, 0.29) is 6.10 Å². The SMILES string of the molecule is CCC(C)NCC(C)Oc1cc(C)ccc1C(C)C. The van der Waals surface area contributed by atoms with E-state index >= 15 is 0 Å². The molecule has 0 aromatic heterocycles. The Hall–Kier alpha value is -1.02. The second-order valence-electron chi connectivity index (χ2n) is 5.84. The molecule has 0 heterocycles. The maximum atomic E-state index is 6.12. The summed E-state index contributed by atoms with van der Waals surface area (Å²) in [7, 11) is 0. The minimum atomic E-state index is 0.188. The van der Waals surface area contributed by atoms with Crippen molar-refractivity contribution in [1.29, 1.82) is 0 Å². The largest absolute Gasteiger partial charge is 0.489 e. The number of nitrogens with one attached hydrogen (secondary N) is 1. The maximum Gasteiger partial charge on any atom is 0.123 e. The van der Waals surface area contributed by atoms with Crippen LogP contribution in [-0.4, -0.2) is 18.7 Å². The number of benzene rings is 1. The van der Waals surface area contributed by atoms with E-state index in [1.165, 1.54) is 11.1 Å². The van der Waals surface area contributed by atoms with E-state index in [0.717, 1.165) is 18.7 Å². The Bertz CT molecular complexity index is 387. The highest BCUT2D eigenvalue weighted by Crippen LogP contribution is 2.28. The molecule has 108 valence electrons. The lowest BCUT2D eigenvalue weighted by atomic mass is 10.0. The quantitative estimate of drug-likeness (QED) is 0.793. The zero-order valence-electron chi connectivity index (χ0n) is 13.3. The zero-order valence-corrected chi connectivity index (χ0v) is 13.3. The lowest BCUT2D eigenvalue weighted by molar-refractivity contribution is 0.209. The van der Waals surface area contributed by atoms with Crippen LogP contribution in [0.15, 0.2) is 18.2 Å². The van der Waals surface area contributed by atoms with Crippen molar-refractivity contribution in [2.45, 2.75) is 66.0 Å². The van der Waals surface area contributed by atoms with Gasteiger partial charge in [-0.15, -0.1) is 0 Å². The normalized spacial score (nSPS) is 14.5. The first-order chi connectivity index (χ1) is 8.93. The summed E-state index contributed by atoms with van der Waals surface area (Å²) in [6.07, 6.45) is 1.34. The van der Waals surface area contributed by atoms with Crippen LogP contribution in [0.5, 0.6) is 5.75 Å². The Morgan fingerprint density at radius 2 is 1.84 bits per heavy atom. The summed E-state index contributed by atoms with van der Waals surface area (Å²) in [4.78, 5) is 0. The second kappa shape index (κ2) is 7.54. The molecule has 2 unspecified atom stereocenters. The number of hydrogen-bond donors (Lipinski definition) is 1. The summed E-state index contributed by atoms with van der Waals surface area (Å²) in [5.41, 5.74) is 2.54. The summed E-state index contributed by atoms with van der Waals surface area (Å²) in [5.74, 6) is 1.53. The third-order valence-corrected chi connectivity index (χ3v) is 3.49. The van der Waals surface area contributed by atoms with Crippen LogP contribution in [0.25, 0.3) is 0 Å². The summed E-state index contributed by atoms with van der Waals surface area (Å²) < 4.78 is 6.12. The minimum Gasteiger partial charge on any atom is -0.489 e. The monoisotopic (exact) mass is 263 g/mol. The van der Waals surface area contributed by atoms with Crippen LogP contribution in [0.4, 0.5) is 0 Å². The lowest BCUT2D eigenvalue weighted by Gasteiger charge is -2.21. The van der Waals surface area contributed by atoms with Gasteiger partial charge >= 0.3 is 0 Å². The van der Waals surface area contributed by atoms with Gasteiger partial charge in [-0.25, -0.2) is 0 Å². The number of hydrogen-bond acceptors (Lipinski definition) is 2. The molecule has 0 aliphatic rings. The third kappa shape index (κ3) is 5.23. The molecule has 0 bridgehead atoms. The van der Waals surface area contributed by atoms with Crippen molar-refractivity contribution in [1.82, 2.24) is 5.32 Å². The molecule has 2 nitrogen and oxygen atoms in total. The molecule has 1 aromatic carbocycles. The van der Waals surface area contributed by atoms with Crippen molar-refractivity contribution < 1.29 is 4.74 Å². The zero-order chi connectivity index (χ0) is 14.4. The molecule has 2 heteroatoms. The average Bonchev–Trinajstić information content (AvgIpc) is 2.35. The van der Waals surface area contributed by atoms with E-state index in [1.54, 1.807) is 0 Å². The summed E-state index contributed by atoms with van der Waals surface area (Å²) in [5, 5.41) is 3.49. The molecule has 0 saturated carbocycles. The van der Waals surface area contributed by atoms with Gasteiger partial charge in [0.05, 0.1) is 0 Å². The van der Waals surface area contributed by atoms with Crippen molar-refractivity contribution in [2.75, 3.05) is 6.54 Å². The van der Waals surface area contributed by atoms with Gasteiger partial charge in [0.15, 0.2) is 0 Å². The van der Waals surface area contributed by atoms with Gasteiger partial charge in [0, 0.05) is 12.6 Å². The second-order valence-corrected chi connectivity index (χ2v) is 5.84. The van der Waals surface area contributed by atoms with Crippen molar-refractivity contribution in [3.63, 3.8) is 0 Å². The van der Waals surface area contributed by atoms with Gasteiger partial charge < -0.3 is 10.1 Å². The predicted octanol–water partition coefficient (Wildman–Crippen LogP) is 4.27. The topological polar surface area (TPSA) is 21.3 Å². The first-order valence-corrected chi connectivity index (χ1v) is 7.44. The standard InChI is InChI=1S/C17H29NO/c1-7-14(5)18-11-15(6)19-17-10-13(4)8-9-16(17)12(2)3/h8-10,12,14-15,18H,7,11H2,1-6H3. The molecule has 1 rings (SSSR count). The van der Waals surface area contributed by atoms with Crippen LogP contribution >= 0.6 is 0 Å². The van der Waals surface area contributed by atoms with E-state index < -0.39 is 0 Å². The molecule has 0 radical (unpaired) electrons. The van der Waals surface area contributed by atoms with Crippen LogP contribution in [0.1, 0.15) is 58.1 Å². The van der Waals surface area contributed by atoms with Gasteiger partial charge in [-0.1, -0.05) is 32.9 Å². The van der Waals surface area contributed by atoms with Gasteiger partial charge in [0.2, 0.25) is 0 Å². The fraction of sp³-hybridized carbons (Fsp3) is 0.647. The van der Waals surface area contributed by atoms with Crippen molar-refractivity contribution in [2.24, 2.45) is 0 Å². The summed E-state index contributed by atoms with van der Waals surface area (Å²) in [6, 6.07) is 7.04. The van der Waals surface area contributed by atoms with E-state index in [2.05, 4.69) is 65.1 Å². The fourth-order valence-corrected chi connectivity index (χ4v) is 1.99. The number of ether oxygens (including phenoxy) is 1. The smallest absolute Gasteiger partial charge is 0.123 e. The van der Waals surface area contributed by atoms with Crippen LogP contribution in [0.2, 0.25) is 0 Å². The minimum absolute atomic E-state index is 0.188. The molecule has 1 N–H and O–H groups in total. The molecular weight excluding hydrogens is 234 g/mol. The van der Waals surface area contributed by atoms with Crippen LogP contribution in [-0.2, 0) is 0 Å². The molecule has 0 fully saturated rings. The lowest BCUT2D eigenvalue weighted by Crippen LogP contribution is -2.34. The van der Waals surface area contributed by atoms with Crippen LogP contribution in [0, 0.1) is 6.92 Å². The molecule has 2 atom stereocenters. The van der Waals surface area contributed by atoms with Crippen LogP contribution < -0.4 is 10.1 Å². The Labute approximate surface area is 118 Å². The summed E-state index contributed by atoms with van der Waals surface area (Å²) >= 11 is 0. The van der Waals surface area contributed by atoms with E-state index in [9.17, 15) is 0 Å². The first kappa shape index (κ1) is 16.0. The molecule has 1 aromatic rings. The van der Waals surface area contributed by atoms with Gasteiger partial charge in [-0.2, -0.15) is 0 Å². The summed E-state index contributed by atoms with van der Waals surface area (Å²) in [6.45, 7) is 13.9. The number of aryl methyl sites for hydroxylation is 1. The average molecular weight is 263 g/mol. The van der Waals surface area contributed by atoms with Crippen molar-refractivity contribution >= 4 is 0 Å². The van der Waals surface area contributed by atoms with Crippen molar-refractivity contribution in [3.05, 3.63) is 29.3 Å². The van der Waals surface area contributed by atoms with E-state index in [0.29, 0.717) is 12.0 Å². The maximum absolute atomic E-state index is 6.12. The van der Waals surface area contributed by atoms with Gasteiger partial charge in [-0.05, 0) is 50.3 Å². The molecule has 19 heavy (non-hydrogen) atoms. The van der Waals surface area contributed by atoms with Gasteiger partial charge in [-0.3, -0.25) is 0 Å². The molecule has 0 saturated heterocycles. The molecule has 0 aliphatic carbocycles. The third-order valence-electron chi connectivity index (χ3n) is 3.49. The predicted molar refractivity (Wildman–Crippen MR) is 83.1 cm³/mol. The molecule has 0 amide bonds. The highest BCUT2D eigenvalue weighted by molar-refractivity contribution is 5.39. The van der Waals surface area contributed by atoms with Gasteiger partial charge in [0.25, 0.3) is 0 Å². The molecule has 0 aliphatic heterocycles. The molecule has 0 spiro atoms. The van der Waals surface area contributed by atoms with Crippen LogP contribution in [0.3, 0.4) is 0 Å². The van der Waals surface area contributed by atoms with E-state index in [1.807, 2.05) is 0 Å². The highest BCUT2D eigenvalue weighted by Gasteiger charge is 2.12. The van der Waals surface area contributed by atoms with Gasteiger partial charge in [0.1, 0.15) is 11.9 Å². The Morgan fingerprint density at radius 3 is 2.42 bits per heavy atom. The Balaban J connectivity index is 2.67. The Morgan fingerprint density at radius 1 is 1.16 bits per heavy atom. The number of rotatable bonds is 7.